The van der Waals surface area contributed by atoms with Gasteiger partial charge in [0.2, 0.25) is 0 Å². The van der Waals surface area contributed by atoms with Crippen LogP contribution in [0.1, 0.15) is 45.1 Å². The van der Waals surface area contributed by atoms with Gasteiger partial charge in [0.15, 0.2) is 0 Å². The molecule has 0 aromatic heterocycles. The van der Waals surface area contributed by atoms with Gasteiger partial charge in [0.1, 0.15) is 0 Å². The van der Waals surface area contributed by atoms with Crippen molar-refractivity contribution in [2.75, 3.05) is 4.90 Å². The Labute approximate surface area is 136 Å². The van der Waals surface area contributed by atoms with E-state index in [0.29, 0.717) is 6.04 Å². The van der Waals surface area contributed by atoms with Crippen LogP contribution in [-0.4, -0.2) is 6.04 Å². The van der Waals surface area contributed by atoms with Crippen molar-refractivity contribution >= 4 is 5.69 Å². The van der Waals surface area contributed by atoms with Crippen LogP contribution in [0.3, 0.4) is 0 Å². The highest BCUT2D eigenvalue weighted by Gasteiger charge is 2.26. The molecule has 0 N–H and O–H groups in total. The molecule has 1 aliphatic rings. The fourth-order valence-corrected chi connectivity index (χ4v) is 3.50. The fraction of sp³-hybridized carbons (Fsp3) is 0.429. The van der Waals surface area contributed by atoms with E-state index in [-0.39, 0.29) is 0 Å². The van der Waals surface area contributed by atoms with E-state index in [0.717, 1.165) is 5.92 Å². The Bertz CT molecular complexity index is 553. The van der Waals surface area contributed by atoms with Crippen molar-refractivity contribution in [2.45, 2.75) is 52.5 Å². The van der Waals surface area contributed by atoms with Crippen LogP contribution in [0.5, 0.6) is 0 Å². The summed E-state index contributed by atoms with van der Waals surface area (Å²) in [7, 11) is 0. The van der Waals surface area contributed by atoms with E-state index in [1.165, 1.54) is 42.6 Å². The van der Waals surface area contributed by atoms with E-state index >= 15 is 0 Å². The minimum absolute atomic E-state index is 0.609. The molecule has 0 radical (unpaired) electrons. The fourth-order valence-electron chi connectivity index (χ4n) is 3.50. The molecule has 0 saturated heterocycles. The summed E-state index contributed by atoms with van der Waals surface area (Å²) in [5.74, 6) is 0.821. The van der Waals surface area contributed by atoms with Crippen LogP contribution in [0.25, 0.3) is 0 Å². The SMILES string of the molecule is C=C/C=C\C=C(/C)N(c1ccccc1C)C1CCCC(C)C1. The molecule has 0 heterocycles. The second-order valence-electron chi connectivity index (χ2n) is 6.51. The molecule has 0 spiro atoms. The normalized spacial score (nSPS) is 22.8. The van der Waals surface area contributed by atoms with Crippen molar-refractivity contribution in [3.05, 3.63) is 66.4 Å². The molecule has 22 heavy (non-hydrogen) atoms. The summed E-state index contributed by atoms with van der Waals surface area (Å²) in [5, 5.41) is 0. The molecule has 0 amide bonds. The van der Waals surface area contributed by atoms with Crippen LogP contribution in [-0.2, 0) is 0 Å². The molecule has 1 aromatic carbocycles. The van der Waals surface area contributed by atoms with E-state index in [1.807, 2.05) is 12.2 Å². The maximum absolute atomic E-state index is 3.74. The van der Waals surface area contributed by atoms with Crippen molar-refractivity contribution in [3.8, 4) is 0 Å². The first-order valence-corrected chi connectivity index (χ1v) is 8.44. The third kappa shape index (κ3) is 4.13. The average molecular weight is 295 g/mol. The standard InChI is InChI=1S/C21H29N/c1-5-6-7-13-19(4)22(20-14-10-11-17(2)16-20)21-15-9-8-12-18(21)3/h5-9,12-13,15,17,20H,1,10-11,14,16H2,2-4H3/b7-6-,19-13+. The Morgan fingerprint density at radius 1 is 1.23 bits per heavy atom. The lowest BCUT2D eigenvalue weighted by atomic mass is 9.85. The number of hydrogen-bond donors (Lipinski definition) is 0. The Morgan fingerprint density at radius 2 is 2.00 bits per heavy atom. The molecule has 1 saturated carbocycles. The Kier molecular flexibility index (Phi) is 6.06. The molecule has 1 heteroatoms. The van der Waals surface area contributed by atoms with E-state index < -0.39 is 0 Å². The van der Waals surface area contributed by atoms with E-state index in [2.05, 4.69) is 68.7 Å². The van der Waals surface area contributed by atoms with Gasteiger partial charge < -0.3 is 4.90 Å². The highest BCUT2D eigenvalue weighted by atomic mass is 15.2. The van der Waals surface area contributed by atoms with Crippen molar-refractivity contribution in [3.63, 3.8) is 0 Å². The lowest BCUT2D eigenvalue weighted by Gasteiger charge is -2.39. The summed E-state index contributed by atoms with van der Waals surface area (Å²) < 4.78 is 0. The van der Waals surface area contributed by atoms with Crippen LogP contribution in [0, 0.1) is 12.8 Å². The number of nitrogens with zero attached hydrogens (tertiary/aromatic N) is 1. The van der Waals surface area contributed by atoms with Crippen LogP contribution in [0.4, 0.5) is 5.69 Å². The van der Waals surface area contributed by atoms with Gasteiger partial charge in [-0.3, -0.25) is 0 Å². The largest absolute Gasteiger partial charge is 0.342 e. The molecule has 1 nitrogen and oxygen atoms in total. The summed E-state index contributed by atoms with van der Waals surface area (Å²) in [6, 6.07) is 9.34. The Hall–Kier alpha value is -1.76. The second-order valence-corrected chi connectivity index (χ2v) is 6.51. The molecule has 2 atom stereocenters. The van der Waals surface area contributed by atoms with Crippen molar-refractivity contribution < 1.29 is 0 Å². The van der Waals surface area contributed by atoms with Gasteiger partial charge in [-0.2, -0.15) is 0 Å². The van der Waals surface area contributed by atoms with Gasteiger partial charge in [-0.25, -0.2) is 0 Å². The van der Waals surface area contributed by atoms with Gasteiger partial charge in [-0.15, -0.1) is 0 Å². The van der Waals surface area contributed by atoms with Gasteiger partial charge in [-0.05, 0) is 50.3 Å². The summed E-state index contributed by atoms with van der Waals surface area (Å²) in [4.78, 5) is 2.55. The Morgan fingerprint density at radius 3 is 2.68 bits per heavy atom. The predicted molar refractivity (Wildman–Crippen MR) is 98.2 cm³/mol. The molecule has 2 rings (SSSR count). The van der Waals surface area contributed by atoms with E-state index in [9.17, 15) is 0 Å². The smallest absolute Gasteiger partial charge is 0.0440 e. The maximum atomic E-state index is 3.74. The number of aryl methyl sites for hydroxylation is 1. The maximum Gasteiger partial charge on any atom is 0.0440 e. The molecule has 0 bridgehead atoms. The number of allylic oxidation sites excluding steroid dienone is 5. The average Bonchev–Trinajstić information content (AvgIpc) is 2.50. The number of hydrogen-bond acceptors (Lipinski definition) is 1. The minimum atomic E-state index is 0.609. The third-order valence-electron chi connectivity index (χ3n) is 4.61. The predicted octanol–water partition coefficient (Wildman–Crippen LogP) is 6.03. The van der Waals surface area contributed by atoms with Crippen LogP contribution >= 0.6 is 0 Å². The van der Waals surface area contributed by atoms with E-state index in [1.54, 1.807) is 0 Å². The molecule has 0 aliphatic heterocycles. The minimum Gasteiger partial charge on any atom is -0.342 e. The molecule has 2 unspecified atom stereocenters. The molecular weight excluding hydrogens is 266 g/mol. The zero-order valence-electron chi connectivity index (χ0n) is 14.3. The molecule has 1 aliphatic carbocycles. The second kappa shape index (κ2) is 8.03. The zero-order chi connectivity index (χ0) is 15.9. The summed E-state index contributed by atoms with van der Waals surface area (Å²) >= 11 is 0. The quantitative estimate of drug-likeness (QED) is 0.600. The first-order valence-electron chi connectivity index (χ1n) is 8.44. The number of rotatable bonds is 5. The first kappa shape index (κ1) is 16.6. The van der Waals surface area contributed by atoms with E-state index in [4.69, 9.17) is 0 Å². The number of benzene rings is 1. The number of anilines is 1. The lowest BCUT2D eigenvalue weighted by molar-refractivity contribution is 0.337. The van der Waals surface area contributed by atoms with Gasteiger partial charge in [0.05, 0.1) is 0 Å². The van der Waals surface area contributed by atoms with Gasteiger partial charge in [0, 0.05) is 17.4 Å². The Balaban J connectivity index is 2.36. The summed E-state index contributed by atoms with van der Waals surface area (Å²) in [6.45, 7) is 10.6. The first-order chi connectivity index (χ1) is 10.6. The third-order valence-corrected chi connectivity index (χ3v) is 4.61. The zero-order valence-corrected chi connectivity index (χ0v) is 14.3. The topological polar surface area (TPSA) is 3.24 Å². The van der Waals surface area contributed by atoms with Crippen molar-refractivity contribution in [1.82, 2.24) is 0 Å². The number of para-hydroxylation sites is 1. The highest BCUT2D eigenvalue weighted by Crippen LogP contribution is 2.34. The van der Waals surface area contributed by atoms with Crippen LogP contribution in [0.15, 0.2) is 60.8 Å². The van der Waals surface area contributed by atoms with Gasteiger partial charge in [0.25, 0.3) is 0 Å². The van der Waals surface area contributed by atoms with Crippen molar-refractivity contribution in [2.24, 2.45) is 5.92 Å². The highest BCUT2D eigenvalue weighted by molar-refractivity contribution is 5.58. The molecule has 118 valence electrons. The summed E-state index contributed by atoms with van der Waals surface area (Å²) in [5.41, 5.74) is 4.01. The van der Waals surface area contributed by atoms with Gasteiger partial charge >= 0.3 is 0 Å². The molecule has 1 fully saturated rings. The molecule has 1 aromatic rings. The van der Waals surface area contributed by atoms with Gasteiger partial charge in [-0.1, -0.05) is 62.8 Å². The van der Waals surface area contributed by atoms with Crippen molar-refractivity contribution in [1.29, 1.82) is 0 Å². The van der Waals surface area contributed by atoms with Crippen LogP contribution < -0.4 is 4.90 Å². The monoisotopic (exact) mass is 295 g/mol. The molecular formula is C21H29N. The lowest BCUT2D eigenvalue weighted by Crippen LogP contribution is -2.37. The summed E-state index contributed by atoms with van der Waals surface area (Å²) in [6.07, 6.45) is 13.4. The van der Waals surface area contributed by atoms with Crippen LogP contribution in [0.2, 0.25) is 0 Å².